The van der Waals surface area contributed by atoms with Crippen LogP contribution in [0.3, 0.4) is 0 Å². The number of anilines is 2. The molecule has 0 saturated heterocycles. The smallest absolute Gasteiger partial charge is 0.282 e. The third kappa shape index (κ3) is 4.31. The van der Waals surface area contributed by atoms with Gasteiger partial charge in [-0.3, -0.25) is 9.59 Å². The van der Waals surface area contributed by atoms with E-state index in [4.69, 9.17) is 11.6 Å². The molecule has 0 radical (unpaired) electrons. The van der Waals surface area contributed by atoms with Crippen molar-refractivity contribution in [2.75, 3.05) is 10.2 Å². The van der Waals surface area contributed by atoms with Crippen LogP contribution in [0.1, 0.15) is 43.0 Å². The van der Waals surface area contributed by atoms with Crippen molar-refractivity contribution in [3.63, 3.8) is 0 Å². The average molecular weight is 459 g/mol. The van der Waals surface area contributed by atoms with Crippen LogP contribution in [0.4, 0.5) is 11.4 Å². The van der Waals surface area contributed by atoms with Crippen LogP contribution in [0, 0.1) is 13.8 Å². The van der Waals surface area contributed by atoms with Gasteiger partial charge in [-0.15, -0.1) is 0 Å². The molecule has 0 saturated carbocycles. The number of amides is 2. The highest BCUT2D eigenvalue weighted by atomic mass is 35.5. The Hall–Kier alpha value is -3.37. The number of hydrogen-bond acceptors (Lipinski definition) is 3. The second-order valence-corrected chi connectivity index (χ2v) is 9.81. The van der Waals surface area contributed by atoms with E-state index < -0.39 is 5.91 Å². The lowest BCUT2D eigenvalue weighted by Crippen LogP contribution is -2.33. The van der Waals surface area contributed by atoms with Gasteiger partial charge in [-0.2, -0.15) is 0 Å². The topological polar surface area (TPSA) is 49.4 Å². The van der Waals surface area contributed by atoms with Crippen molar-refractivity contribution in [1.29, 1.82) is 0 Å². The molecule has 1 N–H and O–H groups in total. The van der Waals surface area contributed by atoms with Crippen LogP contribution in [-0.2, 0) is 15.0 Å². The Morgan fingerprint density at radius 3 is 2.06 bits per heavy atom. The van der Waals surface area contributed by atoms with Crippen molar-refractivity contribution in [2.24, 2.45) is 0 Å². The summed E-state index contributed by atoms with van der Waals surface area (Å²) in [5.74, 6) is -0.774. The predicted molar refractivity (Wildman–Crippen MR) is 136 cm³/mol. The van der Waals surface area contributed by atoms with Crippen LogP contribution >= 0.6 is 11.6 Å². The predicted octanol–water partition coefficient (Wildman–Crippen LogP) is 6.65. The van der Waals surface area contributed by atoms with Gasteiger partial charge in [0.15, 0.2) is 0 Å². The summed E-state index contributed by atoms with van der Waals surface area (Å²) in [6.07, 6.45) is 0. The summed E-state index contributed by atoms with van der Waals surface area (Å²) in [6, 6.07) is 20.8. The van der Waals surface area contributed by atoms with Gasteiger partial charge in [-0.05, 0) is 60.2 Å². The molecule has 0 aliphatic carbocycles. The second kappa shape index (κ2) is 8.53. The number of rotatable bonds is 4. The SMILES string of the molecule is Cc1ccc(C2=C(Nc3ccc(C(C)(C)C)cc3)C(=O)N(c3cccc(Cl)c3C)C2=O)cc1. The molecule has 0 spiro atoms. The van der Waals surface area contributed by atoms with Gasteiger partial charge in [0.05, 0.1) is 11.3 Å². The van der Waals surface area contributed by atoms with Gasteiger partial charge in [0.25, 0.3) is 11.8 Å². The normalized spacial score (nSPS) is 14.3. The molecule has 0 bridgehead atoms. The molecule has 168 valence electrons. The maximum absolute atomic E-state index is 13.6. The molecule has 1 aliphatic rings. The highest BCUT2D eigenvalue weighted by Gasteiger charge is 2.41. The van der Waals surface area contributed by atoms with Gasteiger partial charge in [-0.25, -0.2) is 4.90 Å². The van der Waals surface area contributed by atoms with E-state index in [1.807, 2.05) is 55.5 Å². The van der Waals surface area contributed by atoms with E-state index in [1.54, 1.807) is 25.1 Å². The maximum Gasteiger partial charge on any atom is 0.282 e. The summed E-state index contributed by atoms with van der Waals surface area (Å²) in [4.78, 5) is 28.4. The van der Waals surface area contributed by atoms with E-state index >= 15 is 0 Å². The van der Waals surface area contributed by atoms with Gasteiger partial charge in [0.2, 0.25) is 0 Å². The summed E-state index contributed by atoms with van der Waals surface area (Å²) >= 11 is 6.30. The summed E-state index contributed by atoms with van der Waals surface area (Å²) in [7, 11) is 0. The van der Waals surface area contributed by atoms with Gasteiger partial charge in [0, 0.05) is 10.7 Å². The fourth-order valence-corrected chi connectivity index (χ4v) is 4.06. The molecule has 5 heteroatoms. The van der Waals surface area contributed by atoms with Crippen LogP contribution in [-0.4, -0.2) is 11.8 Å². The Morgan fingerprint density at radius 2 is 1.45 bits per heavy atom. The summed E-state index contributed by atoms with van der Waals surface area (Å²) < 4.78 is 0. The standard InChI is InChI=1S/C28H27ClN2O2/c1-17-9-11-19(12-10-17)24-25(30-21-15-13-20(14-16-21)28(3,4)5)27(33)31(26(24)32)23-8-6-7-22(29)18(23)2/h6-16,30H,1-5H3. The fraction of sp³-hybridized carbons (Fsp3) is 0.214. The molecular weight excluding hydrogens is 432 g/mol. The lowest BCUT2D eigenvalue weighted by atomic mass is 9.87. The molecule has 3 aromatic rings. The molecule has 1 heterocycles. The number of halogens is 1. The molecule has 4 nitrogen and oxygen atoms in total. The first-order valence-corrected chi connectivity index (χ1v) is 11.3. The van der Waals surface area contributed by atoms with Crippen molar-refractivity contribution in [2.45, 2.75) is 40.0 Å². The van der Waals surface area contributed by atoms with Gasteiger partial charge < -0.3 is 5.32 Å². The van der Waals surface area contributed by atoms with Crippen molar-refractivity contribution >= 4 is 40.4 Å². The van der Waals surface area contributed by atoms with E-state index in [1.165, 1.54) is 10.5 Å². The molecule has 4 rings (SSSR count). The third-order valence-corrected chi connectivity index (χ3v) is 6.33. The number of nitrogens with zero attached hydrogens (tertiary/aromatic N) is 1. The molecule has 33 heavy (non-hydrogen) atoms. The first-order chi connectivity index (χ1) is 15.6. The number of aryl methyl sites for hydroxylation is 1. The zero-order valence-electron chi connectivity index (χ0n) is 19.5. The molecule has 0 aromatic heterocycles. The van der Waals surface area contributed by atoms with E-state index in [2.05, 4.69) is 26.1 Å². The van der Waals surface area contributed by atoms with Gasteiger partial charge >= 0.3 is 0 Å². The summed E-state index contributed by atoms with van der Waals surface area (Å²) in [5.41, 5.74) is 5.48. The zero-order chi connectivity index (χ0) is 23.9. The minimum atomic E-state index is -0.402. The number of benzene rings is 3. The van der Waals surface area contributed by atoms with Crippen molar-refractivity contribution in [3.05, 3.63) is 99.7 Å². The van der Waals surface area contributed by atoms with Gasteiger partial charge in [-0.1, -0.05) is 80.4 Å². The number of carbonyl (C=O) groups excluding carboxylic acids is 2. The van der Waals surface area contributed by atoms with E-state index in [0.717, 1.165) is 11.3 Å². The number of nitrogens with one attached hydrogen (secondary N) is 1. The highest BCUT2D eigenvalue weighted by Crippen LogP contribution is 2.37. The molecule has 0 fully saturated rings. The third-order valence-electron chi connectivity index (χ3n) is 5.92. The molecule has 0 atom stereocenters. The Labute approximate surface area is 199 Å². The Balaban J connectivity index is 1.80. The monoisotopic (exact) mass is 458 g/mol. The van der Waals surface area contributed by atoms with Crippen molar-refractivity contribution < 1.29 is 9.59 Å². The molecule has 2 amide bonds. The molecular formula is C28H27ClN2O2. The minimum Gasteiger partial charge on any atom is -0.350 e. The second-order valence-electron chi connectivity index (χ2n) is 9.40. The minimum absolute atomic E-state index is 0.0188. The van der Waals surface area contributed by atoms with Crippen LogP contribution in [0.5, 0.6) is 0 Å². The van der Waals surface area contributed by atoms with E-state index in [0.29, 0.717) is 27.4 Å². The van der Waals surface area contributed by atoms with E-state index in [9.17, 15) is 9.59 Å². The molecule has 3 aromatic carbocycles. The average Bonchev–Trinajstić information content (AvgIpc) is 3.00. The molecule has 1 aliphatic heterocycles. The lowest BCUT2D eigenvalue weighted by Gasteiger charge is -2.20. The lowest BCUT2D eigenvalue weighted by molar-refractivity contribution is -0.120. The summed E-state index contributed by atoms with van der Waals surface area (Å²) in [6.45, 7) is 10.2. The first kappa shape index (κ1) is 22.8. The number of hydrogen-bond donors (Lipinski definition) is 1. The highest BCUT2D eigenvalue weighted by molar-refractivity contribution is 6.46. The summed E-state index contributed by atoms with van der Waals surface area (Å²) in [5, 5.41) is 3.74. The quantitative estimate of drug-likeness (QED) is 0.445. The van der Waals surface area contributed by atoms with Gasteiger partial charge in [0.1, 0.15) is 5.70 Å². The largest absolute Gasteiger partial charge is 0.350 e. The molecule has 0 unspecified atom stereocenters. The van der Waals surface area contributed by atoms with Crippen molar-refractivity contribution in [1.82, 2.24) is 0 Å². The number of carbonyl (C=O) groups is 2. The Bertz CT molecular complexity index is 1270. The first-order valence-electron chi connectivity index (χ1n) is 10.9. The van der Waals surface area contributed by atoms with Crippen LogP contribution in [0.15, 0.2) is 72.4 Å². The van der Waals surface area contributed by atoms with Crippen LogP contribution in [0.2, 0.25) is 5.02 Å². The Morgan fingerprint density at radius 1 is 0.818 bits per heavy atom. The van der Waals surface area contributed by atoms with Crippen LogP contribution in [0.25, 0.3) is 5.57 Å². The van der Waals surface area contributed by atoms with Crippen LogP contribution < -0.4 is 10.2 Å². The van der Waals surface area contributed by atoms with E-state index in [-0.39, 0.29) is 17.0 Å². The Kier molecular flexibility index (Phi) is 5.89. The number of imide groups is 1. The van der Waals surface area contributed by atoms with Crippen molar-refractivity contribution in [3.8, 4) is 0 Å². The fourth-order valence-electron chi connectivity index (χ4n) is 3.89. The zero-order valence-corrected chi connectivity index (χ0v) is 20.2. The maximum atomic E-state index is 13.6.